The zero-order valence-electron chi connectivity index (χ0n) is 8.25. The Bertz CT molecular complexity index is 466. The maximum Gasteiger partial charge on any atom is 0.0927 e. The van der Waals surface area contributed by atoms with E-state index in [1.807, 2.05) is 30.5 Å². The highest BCUT2D eigenvalue weighted by Gasteiger charge is 2.04. The SMILES string of the molecule is Cc1cc(Nc2cccs2)c(N)cc1Cl. The summed E-state index contributed by atoms with van der Waals surface area (Å²) in [6, 6.07) is 7.73. The molecule has 0 saturated heterocycles. The molecule has 1 heterocycles. The van der Waals surface area contributed by atoms with Crippen LogP contribution in [0.5, 0.6) is 0 Å². The van der Waals surface area contributed by atoms with Crippen LogP contribution < -0.4 is 11.1 Å². The van der Waals surface area contributed by atoms with E-state index in [2.05, 4.69) is 5.32 Å². The monoisotopic (exact) mass is 238 g/mol. The van der Waals surface area contributed by atoms with Crippen molar-refractivity contribution in [1.29, 1.82) is 0 Å². The Hall–Kier alpha value is -1.19. The number of anilines is 3. The van der Waals surface area contributed by atoms with Gasteiger partial charge in [0.1, 0.15) is 0 Å². The molecule has 0 fully saturated rings. The minimum Gasteiger partial charge on any atom is -0.397 e. The van der Waals surface area contributed by atoms with Crippen molar-refractivity contribution in [3.05, 3.63) is 40.2 Å². The number of rotatable bonds is 2. The number of aryl methyl sites for hydroxylation is 1. The molecule has 0 amide bonds. The van der Waals surface area contributed by atoms with Crippen LogP contribution in [0.1, 0.15) is 5.56 Å². The molecule has 0 aliphatic carbocycles. The smallest absolute Gasteiger partial charge is 0.0927 e. The number of nitrogens with two attached hydrogens (primary N) is 1. The lowest BCUT2D eigenvalue weighted by molar-refractivity contribution is 1.46. The maximum atomic E-state index is 5.96. The first kappa shape index (κ1) is 10.3. The Labute approximate surface area is 97.7 Å². The number of hydrogen-bond acceptors (Lipinski definition) is 3. The molecule has 78 valence electrons. The summed E-state index contributed by atoms with van der Waals surface area (Å²) >= 11 is 7.60. The van der Waals surface area contributed by atoms with Crippen molar-refractivity contribution >= 4 is 39.3 Å². The van der Waals surface area contributed by atoms with Crippen molar-refractivity contribution in [3.63, 3.8) is 0 Å². The van der Waals surface area contributed by atoms with E-state index in [1.165, 1.54) is 0 Å². The number of halogens is 1. The summed E-state index contributed by atoms with van der Waals surface area (Å²) in [6.07, 6.45) is 0. The molecule has 0 bridgehead atoms. The maximum absolute atomic E-state index is 5.96. The van der Waals surface area contributed by atoms with Gasteiger partial charge in [0, 0.05) is 5.02 Å². The molecule has 2 aromatic rings. The van der Waals surface area contributed by atoms with E-state index in [0.29, 0.717) is 10.7 Å². The number of hydrogen-bond donors (Lipinski definition) is 2. The molecule has 4 heteroatoms. The summed E-state index contributed by atoms with van der Waals surface area (Å²) in [5, 5.41) is 7.04. The number of nitrogen functional groups attached to an aromatic ring is 1. The first-order valence-electron chi connectivity index (χ1n) is 4.53. The highest BCUT2D eigenvalue weighted by molar-refractivity contribution is 7.14. The van der Waals surface area contributed by atoms with Crippen LogP contribution in [0.4, 0.5) is 16.4 Å². The molecule has 15 heavy (non-hydrogen) atoms. The highest BCUT2D eigenvalue weighted by atomic mass is 35.5. The minimum atomic E-state index is 0.666. The quantitative estimate of drug-likeness (QED) is 0.775. The second-order valence-electron chi connectivity index (χ2n) is 3.29. The van der Waals surface area contributed by atoms with Gasteiger partial charge in [0.15, 0.2) is 0 Å². The predicted molar refractivity (Wildman–Crippen MR) is 68.2 cm³/mol. The van der Waals surface area contributed by atoms with Gasteiger partial charge in [0.25, 0.3) is 0 Å². The lowest BCUT2D eigenvalue weighted by atomic mass is 10.2. The van der Waals surface area contributed by atoms with Gasteiger partial charge < -0.3 is 11.1 Å². The van der Waals surface area contributed by atoms with Crippen molar-refractivity contribution in [2.45, 2.75) is 6.92 Å². The summed E-state index contributed by atoms with van der Waals surface area (Å²) in [5.74, 6) is 0. The Balaban J connectivity index is 2.33. The second-order valence-corrected chi connectivity index (χ2v) is 4.65. The van der Waals surface area contributed by atoms with Crippen molar-refractivity contribution in [3.8, 4) is 0 Å². The van der Waals surface area contributed by atoms with Gasteiger partial charge in [-0.3, -0.25) is 0 Å². The third kappa shape index (κ3) is 2.25. The van der Waals surface area contributed by atoms with Crippen molar-refractivity contribution in [1.82, 2.24) is 0 Å². The molecule has 0 aliphatic rings. The van der Waals surface area contributed by atoms with E-state index < -0.39 is 0 Å². The summed E-state index contributed by atoms with van der Waals surface area (Å²) in [7, 11) is 0. The van der Waals surface area contributed by atoms with Crippen molar-refractivity contribution in [2.75, 3.05) is 11.1 Å². The zero-order chi connectivity index (χ0) is 10.8. The predicted octanol–water partition coefficient (Wildman–Crippen LogP) is 4.04. The Morgan fingerprint density at radius 2 is 2.20 bits per heavy atom. The van der Waals surface area contributed by atoms with Gasteiger partial charge in [-0.2, -0.15) is 0 Å². The molecule has 1 aromatic heterocycles. The average molecular weight is 239 g/mol. The fraction of sp³-hybridized carbons (Fsp3) is 0.0909. The van der Waals surface area contributed by atoms with Crippen molar-refractivity contribution < 1.29 is 0 Å². The van der Waals surface area contributed by atoms with E-state index in [0.717, 1.165) is 16.3 Å². The molecule has 2 rings (SSSR count). The van der Waals surface area contributed by atoms with E-state index in [4.69, 9.17) is 17.3 Å². The third-order valence-electron chi connectivity index (χ3n) is 2.11. The van der Waals surface area contributed by atoms with Crippen LogP contribution in [-0.2, 0) is 0 Å². The molecule has 0 aliphatic heterocycles. The van der Waals surface area contributed by atoms with Gasteiger partial charge in [-0.1, -0.05) is 11.6 Å². The van der Waals surface area contributed by atoms with Crippen LogP contribution in [0.25, 0.3) is 0 Å². The number of benzene rings is 1. The summed E-state index contributed by atoms with van der Waals surface area (Å²) in [5.41, 5.74) is 8.45. The molecule has 0 unspecified atom stereocenters. The Morgan fingerprint density at radius 3 is 2.87 bits per heavy atom. The standard InChI is InChI=1S/C11H11ClN2S/c1-7-5-10(9(13)6-8(7)12)14-11-3-2-4-15-11/h2-6,14H,13H2,1H3. The second kappa shape index (κ2) is 4.13. The number of thiophene rings is 1. The first-order valence-corrected chi connectivity index (χ1v) is 5.79. The summed E-state index contributed by atoms with van der Waals surface area (Å²) < 4.78 is 0. The first-order chi connectivity index (χ1) is 7.16. The van der Waals surface area contributed by atoms with Crippen LogP contribution in [0.15, 0.2) is 29.6 Å². The van der Waals surface area contributed by atoms with Gasteiger partial charge >= 0.3 is 0 Å². The topological polar surface area (TPSA) is 38.0 Å². The molecule has 2 nitrogen and oxygen atoms in total. The largest absolute Gasteiger partial charge is 0.397 e. The van der Waals surface area contributed by atoms with Crippen LogP contribution in [-0.4, -0.2) is 0 Å². The molecule has 0 spiro atoms. The molecular weight excluding hydrogens is 228 g/mol. The molecule has 3 N–H and O–H groups in total. The number of nitrogens with one attached hydrogen (secondary N) is 1. The lowest BCUT2D eigenvalue weighted by Gasteiger charge is -2.09. The van der Waals surface area contributed by atoms with Gasteiger partial charge in [-0.05, 0) is 42.1 Å². The van der Waals surface area contributed by atoms with Crippen LogP contribution in [0, 0.1) is 6.92 Å². The van der Waals surface area contributed by atoms with E-state index in [-0.39, 0.29) is 0 Å². The van der Waals surface area contributed by atoms with E-state index in [1.54, 1.807) is 17.4 Å². The van der Waals surface area contributed by atoms with Gasteiger partial charge in [-0.25, -0.2) is 0 Å². The fourth-order valence-corrected chi connectivity index (χ4v) is 2.09. The highest BCUT2D eigenvalue weighted by Crippen LogP contribution is 2.30. The summed E-state index contributed by atoms with van der Waals surface area (Å²) in [4.78, 5) is 0. The lowest BCUT2D eigenvalue weighted by Crippen LogP contribution is -1.95. The van der Waals surface area contributed by atoms with Crippen LogP contribution in [0.3, 0.4) is 0 Å². The summed E-state index contributed by atoms with van der Waals surface area (Å²) in [6.45, 7) is 1.96. The molecule has 1 aromatic carbocycles. The van der Waals surface area contributed by atoms with E-state index >= 15 is 0 Å². The van der Waals surface area contributed by atoms with Crippen LogP contribution in [0.2, 0.25) is 5.02 Å². The molecular formula is C11H11ClN2S. The minimum absolute atomic E-state index is 0.666. The van der Waals surface area contributed by atoms with Gasteiger partial charge in [0.05, 0.1) is 16.4 Å². The van der Waals surface area contributed by atoms with Gasteiger partial charge in [-0.15, -0.1) is 11.3 Å². The zero-order valence-corrected chi connectivity index (χ0v) is 9.82. The molecule has 0 atom stereocenters. The van der Waals surface area contributed by atoms with Gasteiger partial charge in [0.2, 0.25) is 0 Å². The molecule has 0 radical (unpaired) electrons. The third-order valence-corrected chi connectivity index (χ3v) is 3.30. The normalized spacial score (nSPS) is 10.3. The Kier molecular flexibility index (Phi) is 2.84. The Morgan fingerprint density at radius 1 is 1.40 bits per heavy atom. The van der Waals surface area contributed by atoms with Crippen LogP contribution >= 0.6 is 22.9 Å². The van der Waals surface area contributed by atoms with Crippen molar-refractivity contribution in [2.24, 2.45) is 0 Å². The fourth-order valence-electron chi connectivity index (χ4n) is 1.29. The van der Waals surface area contributed by atoms with E-state index in [9.17, 15) is 0 Å². The average Bonchev–Trinajstić information content (AvgIpc) is 2.67. The molecule has 0 saturated carbocycles.